The first kappa shape index (κ1) is 12.5. The second-order valence-electron chi connectivity index (χ2n) is 4.35. The highest BCUT2D eigenvalue weighted by molar-refractivity contribution is 5.73. The molecule has 1 heterocycles. The molecular formula is C11H22N2O2. The van der Waals surface area contributed by atoms with Gasteiger partial charge < -0.3 is 15.0 Å². The minimum Gasteiger partial charge on any atom is -0.380 e. The highest BCUT2D eigenvalue weighted by Crippen LogP contribution is 2.10. The van der Waals surface area contributed by atoms with E-state index in [4.69, 9.17) is 4.74 Å². The molecule has 0 aromatic heterocycles. The Labute approximate surface area is 92.0 Å². The van der Waals surface area contributed by atoms with Crippen molar-refractivity contribution in [1.82, 2.24) is 10.2 Å². The lowest BCUT2D eigenvalue weighted by atomic mass is 10.1. The normalized spacial score (nSPS) is 25.3. The lowest BCUT2D eigenvalue weighted by molar-refractivity contribution is -0.127. The zero-order valence-corrected chi connectivity index (χ0v) is 10.1. The predicted octanol–water partition coefficient (Wildman–Crippen LogP) is 0.620. The zero-order valence-electron chi connectivity index (χ0n) is 10.1. The van der Waals surface area contributed by atoms with Gasteiger partial charge in [-0.15, -0.1) is 0 Å². The van der Waals surface area contributed by atoms with Crippen molar-refractivity contribution in [1.29, 1.82) is 0 Å². The second-order valence-corrected chi connectivity index (χ2v) is 4.35. The van der Waals surface area contributed by atoms with E-state index in [9.17, 15) is 4.79 Å². The van der Waals surface area contributed by atoms with Gasteiger partial charge in [-0.2, -0.15) is 0 Å². The molecule has 0 aliphatic carbocycles. The van der Waals surface area contributed by atoms with Crippen LogP contribution >= 0.6 is 0 Å². The highest BCUT2D eigenvalue weighted by Gasteiger charge is 2.26. The lowest BCUT2D eigenvalue weighted by Gasteiger charge is -2.24. The van der Waals surface area contributed by atoms with Crippen LogP contribution < -0.4 is 5.32 Å². The van der Waals surface area contributed by atoms with Gasteiger partial charge in [-0.3, -0.25) is 4.79 Å². The van der Waals surface area contributed by atoms with Crippen LogP contribution in [0.4, 0.5) is 0 Å². The molecule has 1 aliphatic heterocycles. The molecule has 0 spiro atoms. The number of carbonyl (C=O) groups is 1. The fourth-order valence-corrected chi connectivity index (χ4v) is 1.89. The number of hydrogen-bond acceptors (Lipinski definition) is 3. The van der Waals surface area contributed by atoms with Crippen LogP contribution in [-0.2, 0) is 9.53 Å². The average molecular weight is 214 g/mol. The van der Waals surface area contributed by atoms with Crippen LogP contribution in [0, 0.1) is 0 Å². The third-order valence-electron chi connectivity index (χ3n) is 3.21. The average Bonchev–Trinajstić information content (AvgIpc) is 2.65. The molecule has 4 heteroatoms. The number of rotatable bonds is 4. The molecular weight excluding hydrogens is 192 g/mol. The summed E-state index contributed by atoms with van der Waals surface area (Å²) in [6.45, 7) is 7.50. The molecule has 1 saturated heterocycles. The number of methoxy groups -OCH3 is 1. The Bertz CT molecular complexity index is 221. The van der Waals surface area contributed by atoms with Crippen molar-refractivity contribution < 1.29 is 9.53 Å². The fraction of sp³-hybridized carbons (Fsp3) is 0.909. The molecule has 0 radical (unpaired) electrons. The summed E-state index contributed by atoms with van der Waals surface area (Å²) in [7, 11) is 1.72. The first-order valence-corrected chi connectivity index (χ1v) is 5.59. The standard InChI is InChI=1S/C11H22N2O2/c1-8(9(2)15-4)12-11-5-6-13(7-11)10(3)14/h8-9,11-12H,5-7H2,1-4H3. The van der Waals surface area contributed by atoms with Crippen molar-refractivity contribution in [2.75, 3.05) is 20.2 Å². The molecule has 1 N–H and O–H groups in total. The third kappa shape index (κ3) is 3.47. The van der Waals surface area contributed by atoms with Crippen molar-refractivity contribution in [3.05, 3.63) is 0 Å². The first-order chi connectivity index (χ1) is 7.04. The third-order valence-corrected chi connectivity index (χ3v) is 3.21. The Hall–Kier alpha value is -0.610. The summed E-state index contributed by atoms with van der Waals surface area (Å²) in [5.74, 6) is 0.173. The van der Waals surface area contributed by atoms with E-state index >= 15 is 0 Å². The molecule has 0 aromatic rings. The summed E-state index contributed by atoms with van der Waals surface area (Å²) in [6, 6.07) is 0.744. The molecule has 3 unspecified atom stereocenters. The number of hydrogen-bond donors (Lipinski definition) is 1. The molecule has 1 rings (SSSR count). The number of nitrogens with one attached hydrogen (secondary N) is 1. The minimum absolute atomic E-state index is 0.173. The van der Waals surface area contributed by atoms with Crippen LogP contribution in [0.3, 0.4) is 0 Å². The number of nitrogens with zero attached hydrogens (tertiary/aromatic N) is 1. The van der Waals surface area contributed by atoms with Gasteiger partial charge in [0.25, 0.3) is 0 Å². The molecule has 4 nitrogen and oxygen atoms in total. The quantitative estimate of drug-likeness (QED) is 0.746. The van der Waals surface area contributed by atoms with Gasteiger partial charge in [0.05, 0.1) is 6.10 Å². The SMILES string of the molecule is COC(C)C(C)NC1CCN(C(C)=O)C1. The van der Waals surface area contributed by atoms with Crippen molar-refractivity contribution >= 4 is 5.91 Å². The van der Waals surface area contributed by atoms with Gasteiger partial charge in [-0.1, -0.05) is 0 Å². The van der Waals surface area contributed by atoms with Gasteiger partial charge in [0.2, 0.25) is 5.91 Å². The van der Waals surface area contributed by atoms with Gasteiger partial charge in [0.1, 0.15) is 0 Å². The molecule has 0 bridgehead atoms. The summed E-state index contributed by atoms with van der Waals surface area (Å²) >= 11 is 0. The van der Waals surface area contributed by atoms with Gasteiger partial charge in [-0.25, -0.2) is 0 Å². The van der Waals surface area contributed by atoms with E-state index in [1.54, 1.807) is 14.0 Å². The van der Waals surface area contributed by atoms with E-state index < -0.39 is 0 Å². The van der Waals surface area contributed by atoms with E-state index in [1.807, 2.05) is 4.90 Å². The molecule has 0 aromatic carbocycles. The number of amides is 1. The Morgan fingerprint density at radius 1 is 1.53 bits per heavy atom. The maximum atomic E-state index is 11.1. The second kappa shape index (κ2) is 5.47. The lowest BCUT2D eigenvalue weighted by Crippen LogP contribution is -2.44. The van der Waals surface area contributed by atoms with Gasteiger partial charge in [0, 0.05) is 39.2 Å². The molecule has 3 atom stereocenters. The van der Waals surface area contributed by atoms with Crippen molar-refractivity contribution in [3.8, 4) is 0 Å². The van der Waals surface area contributed by atoms with Crippen molar-refractivity contribution in [2.24, 2.45) is 0 Å². The van der Waals surface area contributed by atoms with E-state index in [0.29, 0.717) is 12.1 Å². The van der Waals surface area contributed by atoms with E-state index in [-0.39, 0.29) is 12.0 Å². The summed E-state index contributed by atoms with van der Waals surface area (Å²) in [6.07, 6.45) is 1.25. The van der Waals surface area contributed by atoms with Crippen LogP contribution in [0.1, 0.15) is 27.2 Å². The number of likely N-dealkylation sites (tertiary alicyclic amines) is 1. The number of carbonyl (C=O) groups excluding carboxylic acids is 1. The summed E-state index contributed by atoms with van der Waals surface area (Å²) in [5.41, 5.74) is 0. The first-order valence-electron chi connectivity index (χ1n) is 5.59. The van der Waals surface area contributed by atoms with Gasteiger partial charge >= 0.3 is 0 Å². The zero-order chi connectivity index (χ0) is 11.4. The molecule has 88 valence electrons. The minimum atomic E-state index is 0.173. The fourth-order valence-electron chi connectivity index (χ4n) is 1.89. The Morgan fingerprint density at radius 2 is 2.20 bits per heavy atom. The smallest absolute Gasteiger partial charge is 0.219 e. The van der Waals surface area contributed by atoms with Crippen LogP contribution in [0.15, 0.2) is 0 Å². The van der Waals surface area contributed by atoms with Crippen molar-refractivity contribution in [2.45, 2.75) is 45.4 Å². The monoisotopic (exact) mass is 214 g/mol. The van der Waals surface area contributed by atoms with E-state index in [0.717, 1.165) is 19.5 Å². The molecule has 1 fully saturated rings. The van der Waals surface area contributed by atoms with Crippen LogP contribution in [0.2, 0.25) is 0 Å². The Morgan fingerprint density at radius 3 is 2.67 bits per heavy atom. The number of ether oxygens (including phenoxy) is 1. The van der Waals surface area contributed by atoms with Gasteiger partial charge in [-0.05, 0) is 20.3 Å². The molecule has 1 amide bonds. The van der Waals surface area contributed by atoms with Crippen LogP contribution in [0.25, 0.3) is 0 Å². The largest absolute Gasteiger partial charge is 0.380 e. The van der Waals surface area contributed by atoms with Crippen LogP contribution in [-0.4, -0.2) is 49.2 Å². The maximum absolute atomic E-state index is 11.1. The van der Waals surface area contributed by atoms with Gasteiger partial charge in [0.15, 0.2) is 0 Å². The maximum Gasteiger partial charge on any atom is 0.219 e. The summed E-state index contributed by atoms with van der Waals surface area (Å²) in [4.78, 5) is 13.0. The van der Waals surface area contributed by atoms with Crippen LogP contribution in [0.5, 0.6) is 0 Å². The Balaban J connectivity index is 2.32. The summed E-state index contributed by atoms with van der Waals surface area (Å²) in [5, 5.41) is 3.50. The molecule has 1 aliphatic rings. The summed E-state index contributed by atoms with van der Waals surface area (Å²) < 4.78 is 5.25. The van der Waals surface area contributed by atoms with Crippen molar-refractivity contribution in [3.63, 3.8) is 0 Å². The predicted molar refractivity (Wildman–Crippen MR) is 59.7 cm³/mol. The Kier molecular flexibility index (Phi) is 4.54. The topological polar surface area (TPSA) is 41.6 Å². The molecule has 0 saturated carbocycles. The highest BCUT2D eigenvalue weighted by atomic mass is 16.5. The molecule has 15 heavy (non-hydrogen) atoms. The van der Waals surface area contributed by atoms with E-state index in [2.05, 4.69) is 19.2 Å². The van der Waals surface area contributed by atoms with E-state index in [1.165, 1.54) is 0 Å².